The molecule has 0 aliphatic heterocycles. The van der Waals surface area contributed by atoms with E-state index in [9.17, 15) is 9.18 Å². The summed E-state index contributed by atoms with van der Waals surface area (Å²) in [4.78, 5) is 18.2. The van der Waals surface area contributed by atoms with E-state index in [1.165, 1.54) is 6.07 Å². The van der Waals surface area contributed by atoms with Gasteiger partial charge in [-0.05, 0) is 45.7 Å². The van der Waals surface area contributed by atoms with Crippen LogP contribution in [0, 0.1) is 12.7 Å². The van der Waals surface area contributed by atoms with Gasteiger partial charge in [-0.1, -0.05) is 18.2 Å². The lowest BCUT2D eigenvalue weighted by Crippen LogP contribution is -2.14. The first kappa shape index (κ1) is 20.4. The summed E-state index contributed by atoms with van der Waals surface area (Å²) in [5.41, 5.74) is 4.14. The number of hydrogen-bond acceptors (Lipinski definition) is 4. The number of nitrogens with zero attached hydrogens (tertiary/aromatic N) is 5. The third-order valence-electron chi connectivity index (χ3n) is 5.77. The lowest BCUT2D eigenvalue weighted by Gasteiger charge is -2.10. The fourth-order valence-corrected chi connectivity index (χ4v) is 3.97. The third kappa shape index (κ3) is 3.77. The van der Waals surface area contributed by atoms with Crippen molar-refractivity contribution in [1.82, 2.24) is 24.5 Å². The third-order valence-corrected chi connectivity index (χ3v) is 5.77. The van der Waals surface area contributed by atoms with E-state index in [0.717, 1.165) is 35.3 Å². The lowest BCUT2D eigenvalue weighted by molar-refractivity contribution is 0.102. The van der Waals surface area contributed by atoms with Crippen molar-refractivity contribution in [1.29, 1.82) is 0 Å². The highest BCUT2D eigenvalue weighted by Crippen LogP contribution is 2.40. The SMILES string of the molecule is Cc1nn(C(C)C)c2nc(C3CC3)cc(C(=O)Nc3cnn(Cc4ccccc4F)c3)c12. The number of halogens is 1. The van der Waals surface area contributed by atoms with Gasteiger partial charge in [0.15, 0.2) is 5.65 Å². The highest BCUT2D eigenvalue weighted by molar-refractivity contribution is 6.12. The van der Waals surface area contributed by atoms with Crippen LogP contribution in [0.3, 0.4) is 0 Å². The topological polar surface area (TPSA) is 77.6 Å². The molecule has 0 spiro atoms. The van der Waals surface area contributed by atoms with E-state index >= 15 is 0 Å². The second-order valence-electron chi connectivity index (χ2n) is 8.66. The number of anilines is 1. The molecule has 164 valence electrons. The van der Waals surface area contributed by atoms with Crippen LogP contribution in [0.2, 0.25) is 0 Å². The number of pyridine rings is 1. The molecule has 1 saturated carbocycles. The Bertz CT molecular complexity index is 1320. The number of aromatic nitrogens is 5. The van der Waals surface area contributed by atoms with Crippen molar-refractivity contribution >= 4 is 22.6 Å². The maximum Gasteiger partial charge on any atom is 0.256 e. The van der Waals surface area contributed by atoms with Crippen LogP contribution in [-0.2, 0) is 6.54 Å². The summed E-state index contributed by atoms with van der Waals surface area (Å²) in [6.45, 7) is 6.30. The molecule has 3 heterocycles. The second kappa shape index (κ2) is 7.85. The standard InChI is InChI=1S/C24H25FN6O/c1-14(2)31-23-22(15(3)29-31)19(10-21(28-23)16-8-9-16)24(32)27-18-11-26-30(13-18)12-17-6-4-5-7-20(17)25/h4-7,10-11,13-14,16H,8-9,12H2,1-3H3,(H,27,32). The zero-order valence-corrected chi connectivity index (χ0v) is 18.3. The van der Waals surface area contributed by atoms with E-state index in [1.807, 2.05) is 17.7 Å². The van der Waals surface area contributed by atoms with Crippen molar-refractivity contribution in [2.24, 2.45) is 0 Å². The minimum Gasteiger partial charge on any atom is -0.319 e. The van der Waals surface area contributed by atoms with E-state index in [-0.39, 0.29) is 24.3 Å². The normalized spacial score (nSPS) is 13.8. The maximum absolute atomic E-state index is 13.9. The molecule has 0 unspecified atom stereocenters. The van der Waals surface area contributed by atoms with Gasteiger partial charge in [0, 0.05) is 29.4 Å². The van der Waals surface area contributed by atoms with Crippen LogP contribution < -0.4 is 5.32 Å². The van der Waals surface area contributed by atoms with Gasteiger partial charge in [-0.2, -0.15) is 10.2 Å². The van der Waals surface area contributed by atoms with Gasteiger partial charge in [0.25, 0.3) is 5.91 Å². The Morgan fingerprint density at radius 1 is 1.28 bits per heavy atom. The molecule has 1 fully saturated rings. The highest BCUT2D eigenvalue weighted by Gasteiger charge is 2.29. The summed E-state index contributed by atoms with van der Waals surface area (Å²) in [5.74, 6) is -0.0977. The molecule has 32 heavy (non-hydrogen) atoms. The van der Waals surface area contributed by atoms with Crippen LogP contribution in [0.1, 0.15) is 66.0 Å². The largest absolute Gasteiger partial charge is 0.319 e. The first-order valence-electron chi connectivity index (χ1n) is 10.9. The van der Waals surface area contributed by atoms with Crippen molar-refractivity contribution in [3.05, 3.63) is 71.1 Å². The van der Waals surface area contributed by atoms with E-state index in [4.69, 9.17) is 4.98 Å². The fraction of sp³-hybridized carbons (Fsp3) is 0.333. The van der Waals surface area contributed by atoms with E-state index in [1.54, 1.807) is 35.3 Å². The number of rotatable bonds is 6. The van der Waals surface area contributed by atoms with Gasteiger partial charge in [0.05, 0.1) is 35.1 Å². The quantitative estimate of drug-likeness (QED) is 0.473. The lowest BCUT2D eigenvalue weighted by atomic mass is 10.1. The molecule has 4 aromatic rings. The number of amides is 1. The molecule has 1 N–H and O–H groups in total. The maximum atomic E-state index is 13.9. The summed E-state index contributed by atoms with van der Waals surface area (Å²) < 4.78 is 17.4. The van der Waals surface area contributed by atoms with Crippen molar-refractivity contribution in [3.8, 4) is 0 Å². The van der Waals surface area contributed by atoms with Crippen molar-refractivity contribution in [2.45, 2.75) is 52.1 Å². The van der Waals surface area contributed by atoms with Crippen LogP contribution in [0.5, 0.6) is 0 Å². The highest BCUT2D eigenvalue weighted by atomic mass is 19.1. The van der Waals surface area contributed by atoms with Crippen molar-refractivity contribution < 1.29 is 9.18 Å². The Morgan fingerprint density at radius 2 is 2.06 bits per heavy atom. The molecule has 5 rings (SSSR count). The molecule has 0 saturated heterocycles. The summed E-state index contributed by atoms with van der Waals surface area (Å²) in [5, 5.41) is 12.6. The Labute approximate surface area is 185 Å². The van der Waals surface area contributed by atoms with Gasteiger partial charge in [-0.15, -0.1) is 0 Å². The predicted octanol–water partition coefficient (Wildman–Crippen LogP) is 4.83. The molecule has 1 aliphatic rings. The number of aryl methyl sites for hydroxylation is 1. The number of fused-ring (bicyclic) bond motifs is 1. The zero-order chi connectivity index (χ0) is 22.4. The second-order valence-corrected chi connectivity index (χ2v) is 8.66. The minimum absolute atomic E-state index is 0.140. The Morgan fingerprint density at radius 3 is 2.78 bits per heavy atom. The predicted molar refractivity (Wildman–Crippen MR) is 120 cm³/mol. The van der Waals surface area contributed by atoms with E-state index in [0.29, 0.717) is 22.7 Å². The molecular weight excluding hydrogens is 407 g/mol. The van der Waals surface area contributed by atoms with Gasteiger partial charge in [-0.25, -0.2) is 14.1 Å². The average Bonchev–Trinajstić information content (AvgIpc) is 3.44. The molecular formula is C24H25FN6O. The van der Waals surface area contributed by atoms with Crippen LogP contribution in [0.25, 0.3) is 11.0 Å². The summed E-state index contributed by atoms with van der Waals surface area (Å²) in [6.07, 6.45) is 5.46. The molecule has 1 aromatic carbocycles. The van der Waals surface area contributed by atoms with Crippen LogP contribution in [0.15, 0.2) is 42.7 Å². The average molecular weight is 433 g/mol. The number of nitrogens with one attached hydrogen (secondary N) is 1. The fourth-order valence-electron chi connectivity index (χ4n) is 3.97. The van der Waals surface area contributed by atoms with Crippen molar-refractivity contribution in [2.75, 3.05) is 5.32 Å². The molecule has 7 nitrogen and oxygen atoms in total. The summed E-state index contributed by atoms with van der Waals surface area (Å²) >= 11 is 0. The van der Waals surface area contributed by atoms with Crippen LogP contribution in [0.4, 0.5) is 10.1 Å². The number of benzene rings is 1. The molecule has 3 aromatic heterocycles. The van der Waals surface area contributed by atoms with Gasteiger partial charge < -0.3 is 5.32 Å². The Balaban J connectivity index is 1.45. The molecule has 0 bridgehead atoms. The molecule has 1 aliphatic carbocycles. The van der Waals surface area contributed by atoms with Gasteiger partial charge in [0.1, 0.15) is 5.82 Å². The summed E-state index contributed by atoms with van der Waals surface area (Å²) in [7, 11) is 0. The number of hydrogen-bond donors (Lipinski definition) is 1. The van der Waals surface area contributed by atoms with Crippen molar-refractivity contribution in [3.63, 3.8) is 0 Å². The monoisotopic (exact) mass is 432 g/mol. The Hall–Kier alpha value is -3.55. The van der Waals surface area contributed by atoms with Gasteiger partial charge >= 0.3 is 0 Å². The minimum atomic E-state index is -0.280. The van der Waals surface area contributed by atoms with Gasteiger partial charge in [-0.3, -0.25) is 9.48 Å². The first-order chi connectivity index (χ1) is 15.4. The Kier molecular flexibility index (Phi) is 5.00. The first-order valence-corrected chi connectivity index (χ1v) is 10.9. The van der Waals surface area contributed by atoms with Crippen LogP contribution >= 0.6 is 0 Å². The van der Waals surface area contributed by atoms with Crippen LogP contribution in [-0.4, -0.2) is 30.5 Å². The molecule has 8 heteroatoms. The summed E-state index contributed by atoms with van der Waals surface area (Å²) in [6, 6.07) is 8.63. The van der Waals surface area contributed by atoms with Gasteiger partial charge in [0.2, 0.25) is 0 Å². The molecule has 0 atom stereocenters. The molecule has 1 amide bonds. The zero-order valence-electron chi connectivity index (χ0n) is 18.3. The number of carbonyl (C=O) groups is 1. The van der Waals surface area contributed by atoms with E-state index in [2.05, 4.69) is 29.4 Å². The smallest absolute Gasteiger partial charge is 0.256 e. The van der Waals surface area contributed by atoms with E-state index < -0.39 is 0 Å². The number of carbonyl (C=O) groups excluding carboxylic acids is 1. The molecule has 0 radical (unpaired) electrons.